The van der Waals surface area contributed by atoms with Gasteiger partial charge in [-0.1, -0.05) is 13.3 Å². The molecule has 1 aliphatic rings. The highest BCUT2D eigenvalue weighted by molar-refractivity contribution is 5.86. The topological polar surface area (TPSA) is 53.7 Å². The van der Waals surface area contributed by atoms with Crippen molar-refractivity contribution in [2.75, 3.05) is 6.54 Å². The van der Waals surface area contributed by atoms with Gasteiger partial charge < -0.3 is 9.52 Å². The van der Waals surface area contributed by atoms with Crippen LogP contribution in [0.5, 0.6) is 0 Å². The molecule has 4 heteroatoms. The minimum atomic E-state index is -0.981. The van der Waals surface area contributed by atoms with Crippen LogP contribution < -0.4 is 0 Å². The monoisotopic (exact) mass is 251 g/mol. The van der Waals surface area contributed by atoms with E-state index in [2.05, 4.69) is 11.8 Å². The van der Waals surface area contributed by atoms with Crippen LogP contribution in [0.2, 0.25) is 0 Å². The summed E-state index contributed by atoms with van der Waals surface area (Å²) in [4.78, 5) is 13.3. The van der Waals surface area contributed by atoms with Crippen LogP contribution in [-0.2, 0) is 6.54 Å². The third-order valence-electron chi connectivity index (χ3n) is 3.38. The Hall–Kier alpha value is -1.29. The largest absolute Gasteiger partial charge is 0.475 e. The molecule has 0 aliphatic heterocycles. The molecule has 0 unspecified atom stereocenters. The fourth-order valence-corrected chi connectivity index (χ4v) is 2.23. The Morgan fingerprint density at radius 1 is 1.56 bits per heavy atom. The van der Waals surface area contributed by atoms with E-state index in [-0.39, 0.29) is 5.76 Å². The maximum atomic E-state index is 10.9. The van der Waals surface area contributed by atoms with Crippen molar-refractivity contribution in [1.29, 1.82) is 0 Å². The molecule has 4 nitrogen and oxygen atoms in total. The lowest BCUT2D eigenvalue weighted by Crippen LogP contribution is -2.26. The first-order valence-electron chi connectivity index (χ1n) is 6.68. The molecule has 1 saturated carbocycles. The minimum Gasteiger partial charge on any atom is -0.475 e. The molecule has 0 aromatic carbocycles. The maximum Gasteiger partial charge on any atom is 0.372 e. The van der Waals surface area contributed by atoms with Gasteiger partial charge in [0, 0.05) is 11.6 Å². The lowest BCUT2D eigenvalue weighted by Gasteiger charge is -2.20. The minimum absolute atomic E-state index is 0.0799. The summed E-state index contributed by atoms with van der Waals surface area (Å²) >= 11 is 0. The van der Waals surface area contributed by atoms with Crippen LogP contribution in [0.4, 0.5) is 0 Å². The SMILES string of the molecule is CCCCN(Cc1cc(C)c(C(=O)O)o1)C1CC1. The molecule has 18 heavy (non-hydrogen) atoms. The van der Waals surface area contributed by atoms with Crippen LogP contribution in [0.15, 0.2) is 10.5 Å². The van der Waals surface area contributed by atoms with Gasteiger partial charge in [0.1, 0.15) is 5.76 Å². The van der Waals surface area contributed by atoms with Crippen LogP contribution >= 0.6 is 0 Å². The van der Waals surface area contributed by atoms with E-state index in [4.69, 9.17) is 9.52 Å². The summed E-state index contributed by atoms with van der Waals surface area (Å²) in [7, 11) is 0. The van der Waals surface area contributed by atoms with Crippen molar-refractivity contribution in [2.45, 2.75) is 52.1 Å². The van der Waals surface area contributed by atoms with Crippen molar-refractivity contribution in [2.24, 2.45) is 0 Å². The van der Waals surface area contributed by atoms with Gasteiger partial charge in [-0.3, -0.25) is 4.90 Å². The highest BCUT2D eigenvalue weighted by atomic mass is 16.4. The summed E-state index contributed by atoms with van der Waals surface area (Å²) in [6.45, 7) is 5.77. The number of carboxylic acid groups (broad SMARTS) is 1. The molecule has 0 amide bonds. The molecule has 0 bridgehead atoms. The molecular weight excluding hydrogens is 230 g/mol. The molecule has 2 rings (SSSR count). The van der Waals surface area contributed by atoms with Crippen LogP contribution in [0.25, 0.3) is 0 Å². The molecule has 1 fully saturated rings. The predicted octanol–water partition coefficient (Wildman–Crippen LogP) is 3.05. The van der Waals surface area contributed by atoms with E-state index in [1.54, 1.807) is 6.92 Å². The van der Waals surface area contributed by atoms with Gasteiger partial charge in [-0.25, -0.2) is 4.79 Å². The Labute approximate surface area is 108 Å². The third kappa shape index (κ3) is 3.13. The number of carbonyl (C=O) groups is 1. The van der Waals surface area contributed by atoms with Crippen LogP contribution in [0.3, 0.4) is 0 Å². The average molecular weight is 251 g/mol. The molecule has 1 heterocycles. The van der Waals surface area contributed by atoms with Gasteiger partial charge in [-0.15, -0.1) is 0 Å². The maximum absolute atomic E-state index is 10.9. The molecule has 0 saturated heterocycles. The van der Waals surface area contributed by atoms with Crippen molar-refractivity contribution in [1.82, 2.24) is 4.90 Å². The van der Waals surface area contributed by atoms with E-state index >= 15 is 0 Å². The first-order valence-corrected chi connectivity index (χ1v) is 6.68. The van der Waals surface area contributed by atoms with Gasteiger partial charge >= 0.3 is 5.97 Å². The normalized spacial score (nSPS) is 15.3. The first kappa shape index (κ1) is 13.1. The van der Waals surface area contributed by atoms with E-state index in [0.717, 1.165) is 18.8 Å². The van der Waals surface area contributed by atoms with Crippen LogP contribution in [0.1, 0.15) is 54.5 Å². The summed E-state index contributed by atoms with van der Waals surface area (Å²) in [6, 6.07) is 2.53. The number of rotatable bonds is 7. The van der Waals surface area contributed by atoms with Crippen LogP contribution in [0, 0.1) is 6.92 Å². The highest BCUT2D eigenvalue weighted by Crippen LogP contribution is 2.29. The number of furan rings is 1. The van der Waals surface area contributed by atoms with E-state index in [9.17, 15) is 4.79 Å². The van der Waals surface area contributed by atoms with Gasteiger partial charge in [0.2, 0.25) is 5.76 Å². The molecule has 0 spiro atoms. The Balaban J connectivity index is 2.01. The van der Waals surface area contributed by atoms with E-state index in [0.29, 0.717) is 11.6 Å². The van der Waals surface area contributed by atoms with Gasteiger partial charge in [-0.2, -0.15) is 0 Å². The van der Waals surface area contributed by atoms with E-state index in [1.165, 1.54) is 25.7 Å². The molecule has 1 N–H and O–H groups in total. The number of hydrogen-bond donors (Lipinski definition) is 1. The highest BCUT2D eigenvalue weighted by Gasteiger charge is 2.29. The zero-order chi connectivity index (χ0) is 13.1. The first-order chi connectivity index (χ1) is 8.61. The van der Waals surface area contributed by atoms with Crippen molar-refractivity contribution in [3.05, 3.63) is 23.2 Å². The van der Waals surface area contributed by atoms with Gasteiger partial charge in [0.05, 0.1) is 6.54 Å². The second-order valence-corrected chi connectivity index (χ2v) is 5.09. The van der Waals surface area contributed by atoms with Gasteiger partial charge in [-0.05, 0) is 38.8 Å². The third-order valence-corrected chi connectivity index (χ3v) is 3.38. The molecule has 1 aromatic rings. The summed E-state index contributed by atoms with van der Waals surface area (Å²) in [5.41, 5.74) is 0.712. The standard InChI is InChI=1S/C14H21NO3/c1-3-4-7-15(11-5-6-11)9-12-8-10(2)13(18-12)14(16)17/h8,11H,3-7,9H2,1-2H3,(H,16,17). The second kappa shape index (κ2) is 5.57. The van der Waals surface area contributed by atoms with Gasteiger partial charge in [0.25, 0.3) is 0 Å². The quantitative estimate of drug-likeness (QED) is 0.809. The smallest absolute Gasteiger partial charge is 0.372 e. The number of unbranched alkanes of at least 4 members (excludes halogenated alkanes) is 1. The number of nitrogens with zero attached hydrogens (tertiary/aromatic N) is 1. The summed E-state index contributed by atoms with van der Waals surface area (Å²) < 4.78 is 5.42. The lowest BCUT2D eigenvalue weighted by molar-refractivity contribution is 0.0657. The number of carboxylic acids is 1. The molecule has 1 aromatic heterocycles. The Morgan fingerprint density at radius 2 is 2.28 bits per heavy atom. The second-order valence-electron chi connectivity index (χ2n) is 5.09. The molecular formula is C14H21NO3. The fourth-order valence-electron chi connectivity index (χ4n) is 2.23. The summed E-state index contributed by atoms with van der Waals surface area (Å²) in [6.07, 6.45) is 4.88. The van der Waals surface area contributed by atoms with Crippen molar-refractivity contribution in [3.8, 4) is 0 Å². The van der Waals surface area contributed by atoms with Crippen LogP contribution in [-0.4, -0.2) is 28.6 Å². The molecule has 1 aliphatic carbocycles. The van der Waals surface area contributed by atoms with Crippen molar-refractivity contribution < 1.29 is 14.3 Å². The van der Waals surface area contributed by atoms with Crippen molar-refractivity contribution >= 4 is 5.97 Å². The number of aromatic carboxylic acids is 1. The molecule has 0 radical (unpaired) electrons. The van der Waals surface area contributed by atoms with E-state index in [1.807, 2.05) is 6.07 Å². The Kier molecular flexibility index (Phi) is 4.07. The molecule has 100 valence electrons. The Morgan fingerprint density at radius 3 is 2.78 bits per heavy atom. The van der Waals surface area contributed by atoms with E-state index < -0.39 is 5.97 Å². The zero-order valence-electron chi connectivity index (χ0n) is 11.1. The zero-order valence-corrected chi connectivity index (χ0v) is 11.1. The number of aryl methyl sites for hydroxylation is 1. The van der Waals surface area contributed by atoms with Crippen molar-refractivity contribution in [3.63, 3.8) is 0 Å². The number of hydrogen-bond acceptors (Lipinski definition) is 3. The predicted molar refractivity (Wildman–Crippen MR) is 68.7 cm³/mol. The average Bonchev–Trinajstić information content (AvgIpc) is 3.09. The summed E-state index contributed by atoms with van der Waals surface area (Å²) in [5.74, 6) is -0.130. The summed E-state index contributed by atoms with van der Waals surface area (Å²) in [5, 5.41) is 8.97. The van der Waals surface area contributed by atoms with Gasteiger partial charge in [0.15, 0.2) is 0 Å². The molecule has 0 atom stereocenters. The fraction of sp³-hybridized carbons (Fsp3) is 0.643. The lowest BCUT2D eigenvalue weighted by atomic mass is 10.2. The Bertz CT molecular complexity index is 421.